The van der Waals surface area contributed by atoms with Crippen molar-refractivity contribution >= 4 is 17.4 Å². The van der Waals surface area contributed by atoms with Crippen molar-refractivity contribution in [2.75, 3.05) is 0 Å². The van der Waals surface area contributed by atoms with Gasteiger partial charge in [-0.3, -0.25) is 5.41 Å². The molecule has 0 aliphatic rings. The summed E-state index contributed by atoms with van der Waals surface area (Å²) in [5.74, 6) is 1.28. The Hall–Kier alpha value is -1.22. The van der Waals surface area contributed by atoms with Gasteiger partial charge >= 0.3 is 0 Å². The van der Waals surface area contributed by atoms with Crippen LogP contribution in [0.15, 0.2) is 18.2 Å². The van der Waals surface area contributed by atoms with Crippen molar-refractivity contribution in [2.45, 2.75) is 33.3 Å². The van der Waals surface area contributed by atoms with E-state index < -0.39 is 0 Å². The molecule has 17 heavy (non-hydrogen) atoms. The lowest BCUT2D eigenvalue weighted by molar-refractivity contribution is 0.193. The van der Waals surface area contributed by atoms with Crippen LogP contribution in [0.5, 0.6) is 5.75 Å². The predicted octanol–water partition coefficient (Wildman–Crippen LogP) is 3.44. The average molecular weight is 255 g/mol. The first kappa shape index (κ1) is 13.8. The van der Waals surface area contributed by atoms with Crippen molar-refractivity contribution in [1.82, 2.24) is 0 Å². The zero-order chi connectivity index (χ0) is 13.0. The van der Waals surface area contributed by atoms with Gasteiger partial charge in [0.1, 0.15) is 11.6 Å². The summed E-state index contributed by atoms with van der Waals surface area (Å²) in [6, 6.07) is 5.21. The summed E-state index contributed by atoms with van der Waals surface area (Å²) >= 11 is 6.01. The van der Waals surface area contributed by atoms with Gasteiger partial charge in [0.25, 0.3) is 0 Å². The summed E-state index contributed by atoms with van der Waals surface area (Å²) in [5, 5.41) is 7.78. The number of nitrogens with one attached hydrogen (secondary N) is 1. The second-order valence-corrected chi connectivity index (χ2v) is 5.02. The molecule has 94 valence electrons. The molecule has 3 N–H and O–H groups in total. The Morgan fingerprint density at radius 3 is 2.53 bits per heavy atom. The summed E-state index contributed by atoms with van der Waals surface area (Å²) in [6.45, 7) is 6.35. The quantitative estimate of drug-likeness (QED) is 0.625. The minimum Gasteiger partial charge on any atom is -0.491 e. The monoisotopic (exact) mass is 254 g/mol. The molecule has 0 saturated heterocycles. The Bertz CT molecular complexity index is 404. The van der Waals surface area contributed by atoms with E-state index in [-0.39, 0.29) is 11.9 Å². The van der Waals surface area contributed by atoms with Crippen molar-refractivity contribution in [2.24, 2.45) is 11.7 Å². The van der Waals surface area contributed by atoms with Crippen LogP contribution in [-0.4, -0.2) is 11.9 Å². The first-order valence-corrected chi connectivity index (χ1v) is 6.08. The third-order valence-electron chi connectivity index (χ3n) is 2.37. The predicted molar refractivity (Wildman–Crippen MR) is 72.0 cm³/mol. The molecule has 0 fully saturated rings. The molecule has 1 unspecified atom stereocenters. The van der Waals surface area contributed by atoms with Gasteiger partial charge in [0.2, 0.25) is 0 Å². The van der Waals surface area contributed by atoms with Crippen molar-refractivity contribution in [1.29, 1.82) is 5.41 Å². The Labute approximate surface area is 107 Å². The molecule has 1 aromatic carbocycles. The summed E-state index contributed by atoms with van der Waals surface area (Å²) < 4.78 is 5.74. The highest BCUT2D eigenvalue weighted by Crippen LogP contribution is 2.24. The molecule has 1 atom stereocenters. The van der Waals surface area contributed by atoms with Crippen LogP contribution in [0.2, 0.25) is 5.02 Å². The highest BCUT2D eigenvalue weighted by molar-refractivity contribution is 6.34. The van der Waals surface area contributed by atoms with Gasteiger partial charge in [-0.25, -0.2) is 0 Å². The maximum Gasteiger partial charge on any atom is 0.124 e. The number of rotatable bonds is 5. The first-order valence-electron chi connectivity index (χ1n) is 5.70. The maximum atomic E-state index is 7.33. The lowest BCUT2D eigenvalue weighted by Gasteiger charge is -2.17. The molecular formula is C13H19ClN2O. The zero-order valence-corrected chi connectivity index (χ0v) is 11.2. The van der Waals surface area contributed by atoms with Gasteiger partial charge in [0.15, 0.2) is 0 Å². The van der Waals surface area contributed by atoms with Gasteiger partial charge in [0.05, 0.1) is 11.1 Å². The Kier molecular flexibility index (Phi) is 4.82. The molecule has 0 saturated carbocycles. The first-order chi connectivity index (χ1) is 7.90. The van der Waals surface area contributed by atoms with Gasteiger partial charge in [-0.1, -0.05) is 25.4 Å². The molecule has 0 heterocycles. The van der Waals surface area contributed by atoms with Gasteiger partial charge in [0, 0.05) is 5.56 Å². The van der Waals surface area contributed by atoms with Crippen molar-refractivity contribution in [3.8, 4) is 5.75 Å². The fourth-order valence-corrected chi connectivity index (χ4v) is 2.00. The number of hydrogen-bond donors (Lipinski definition) is 2. The number of hydrogen-bond acceptors (Lipinski definition) is 2. The lowest BCUT2D eigenvalue weighted by Crippen LogP contribution is -2.15. The van der Waals surface area contributed by atoms with Gasteiger partial charge in [-0.05, 0) is 37.5 Å². The van der Waals surface area contributed by atoms with Gasteiger partial charge < -0.3 is 10.5 Å². The van der Waals surface area contributed by atoms with Crippen LogP contribution in [0.1, 0.15) is 32.8 Å². The van der Waals surface area contributed by atoms with E-state index in [1.807, 2.05) is 6.92 Å². The second kappa shape index (κ2) is 5.92. The number of nitrogens with two attached hydrogens (primary N) is 1. The topological polar surface area (TPSA) is 59.1 Å². The summed E-state index contributed by atoms with van der Waals surface area (Å²) in [5.41, 5.74) is 5.93. The number of nitrogen functional groups attached to an aromatic ring is 1. The minimum atomic E-state index is -0.0308. The molecule has 0 spiro atoms. The molecule has 0 bridgehead atoms. The van der Waals surface area contributed by atoms with Crippen LogP contribution >= 0.6 is 11.6 Å². The molecular weight excluding hydrogens is 236 g/mol. The van der Waals surface area contributed by atoms with E-state index in [0.29, 0.717) is 22.3 Å². The third-order valence-corrected chi connectivity index (χ3v) is 2.68. The summed E-state index contributed by atoms with van der Waals surface area (Å²) in [7, 11) is 0. The molecule has 0 radical (unpaired) electrons. The van der Waals surface area contributed by atoms with Crippen LogP contribution in [0.3, 0.4) is 0 Å². The van der Waals surface area contributed by atoms with E-state index in [2.05, 4.69) is 13.8 Å². The van der Waals surface area contributed by atoms with E-state index in [9.17, 15) is 0 Å². The van der Waals surface area contributed by atoms with Crippen molar-refractivity contribution < 1.29 is 4.74 Å². The number of ether oxygens (including phenoxy) is 1. The van der Waals surface area contributed by atoms with Crippen LogP contribution < -0.4 is 10.5 Å². The van der Waals surface area contributed by atoms with E-state index in [0.717, 1.165) is 6.42 Å². The van der Waals surface area contributed by atoms with Crippen LogP contribution in [0.4, 0.5) is 0 Å². The van der Waals surface area contributed by atoms with Crippen LogP contribution in [0.25, 0.3) is 0 Å². The van der Waals surface area contributed by atoms with Gasteiger partial charge in [-0.2, -0.15) is 0 Å². The van der Waals surface area contributed by atoms with Crippen molar-refractivity contribution in [3.05, 3.63) is 28.8 Å². The van der Waals surface area contributed by atoms with E-state index in [1.165, 1.54) is 0 Å². The molecule has 1 rings (SSSR count). The Morgan fingerprint density at radius 1 is 1.41 bits per heavy atom. The number of halogens is 1. The SMILES string of the molecule is CC(C)CC(C)Oc1ccc(C(=N)N)c(Cl)c1. The van der Waals surface area contributed by atoms with E-state index in [4.69, 9.17) is 27.5 Å². The highest BCUT2D eigenvalue weighted by Gasteiger charge is 2.09. The molecule has 0 aromatic heterocycles. The standard InChI is InChI=1S/C13H19ClN2O/c1-8(2)6-9(3)17-10-4-5-11(13(15)16)12(14)7-10/h4-5,7-9H,6H2,1-3H3,(H3,15,16). The largest absolute Gasteiger partial charge is 0.491 e. The van der Waals surface area contributed by atoms with Crippen LogP contribution in [0, 0.1) is 11.3 Å². The smallest absolute Gasteiger partial charge is 0.124 e. The molecule has 3 nitrogen and oxygen atoms in total. The number of benzene rings is 1. The summed E-state index contributed by atoms with van der Waals surface area (Å²) in [6.07, 6.45) is 1.14. The second-order valence-electron chi connectivity index (χ2n) is 4.61. The molecule has 1 aromatic rings. The Balaban J connectivity index is 2.74. The lowest BCUT2D eigenvalue weighted by atomic mass is 10.1. The minimum absolute atomic E-state index is 0.0308. The van der Waals surface area contributed by atoms with Crippen LogP contribution in [-0.2, 0) is 0 Å². The molecule has 0 amide bonds. The van der Waals surface area contributed by atoms with Gasteiger partial charge in [-0.15, -0.1) is 0 Å². The number of amidine groups is 1. The molecule has 0 aliphatic heterocycles. The molecule has 4 heteroatoms. The maximum absolute atomic E-state index is 7.33. The Morgan fingerprint density at radius 2 is 2.06 bits per heavy atom. The average Bonchev–Trinajstić information content (AvgIpc) is 2.15. The third kappa shape index (κ3) is 4.27. The molecule has 0 aliphatic carbocycles. The fraction of sp³-hybridized carbons (Fsp3) is 0.462. The summed E-state index contributed by atoms with van der Waals surface area (Å²) in [4.78, 5) is 0. The zero-order valence-electron chi connectivity index (χ0n) is 10.5. The van der Waals surface area contributed by atoms with E-state index >= 15 is 0 Å². The van der Waals surface area contributed by atoms with E-state index in [1.54, 1.807) is 18.2 Å². The fourth-order valence-electron chi connectivity index (χ4n) is 1.73. The van der Waals surface area contributed by atoms with Crippen molar-refractivity contribution in [3.63, 3.8) is 0 Å². The highest BCUT2D eigenvalue weighted by atomic mass is 35.5. The normalized spacial score (nSPS) is 12.5.